The fourth-order valence-electron chi connectivity index (χ4n) is 1.44. The Morgan fingerprint density at radius 3 is 2.58 bits per heavy atom. The van der Waals surface area contributed by atoms with Crippen molar-refractivity contribution in [3.63, 3.8) is 0 Å². The second kappa shape index (κ2) is 5.70. The molecule has 0 spiro atoms. The number of para-hydroxylation sites is 1. The molecule has 0 aliphatic rings. The van der Waals surface area contributed by atoms with Gasteiger partial charge >= 0.3 is 0 Å². The molecule has 1 aromatic carbocycles. The zero-order valence-corrected chi connectivity index (χ0v) is 11.0. The normalized spacial score (nSPS) is 9.74. The average molecular weight is 292 g/mol. The molecule has 0 unspecified atom stereocenters. The van der Waals surface area contributed by atoms with Crippen LogP contribution in [0.2, 0.25) is 10.0 Å². The SMILES string of the molecule is N#Cc1cc(C(=O)Nc2c(Cl)cccc2Cl)ccn1. The largest absolute Gasteiger partial charge is 0.319 e. The van der Waals surface area contributed by atoms with Gasteiger partial charge in [0.05, 0.1) is 15.7 Å². The van der Waals surface area contributed by atoms with Crippen molar-refractivity contribution in [3.8, 4) is 6.07 Å². The predicted octanol–water partition coefficient (Wildman–Crippen LogP) is 3.51. The molecule has 0 bridgehead atoms. The lowest BCUT2D eigenvalue weighted by molar-refractivity contribution is 0.102. The number of carbonyl (C=O) groups is 1. The third-order valence-electron chi connectivity index (χ3n) is 2.34. The molecule has 1 aromatic heterocycles. The fourth-order valence-corrected chi connectivity index (χ4v) is 1.93. The maximum atomic E-state index is 12.0. The molecule has 2 rings (SSSR count). The quantitative estimate of drug-likeness (QED) is 0.921. The molecule has 1 heterocycles. The molecule has 2 aromatic rings. The van der Waals surface area contributed by atoms with Crippen LogP contribution >= 0.6 is 23.2 Å². The summed E-state index contributed by atoms with van der Waals surface area (Å²) in [6.45, 7) is 0. The van der Waals surface area contributed by atoms with Gasteiger partial charge in [-0.1, -0.05) is 29.3 Å². The van der Waals surface area contributed by atoms with Gasteiger partial charge in [-0.25, -0.2) is 4.98 Å². The van der Waals surface area contributed by atoms with E-state index in [0.29, 0.717) is 21.3 Å². The highest BCUT2D eigenvalue weighted by Gasteiger charge is 2.12. The van der Waals surface area contributed by atoms with E-state index in [-0.39, 0.29) is 5.69 Å². The first-order chi connectivity index (χ1) is 9.11. The first-order valence-electron chi connectivity index (χ1n) is 5.23. The molecular weight excluding hydrogens is 285 g/mol. The van der Waals surface area contributed by atoms with E-state index >= 15 is 0 Å². The number of anilines is 1. The number of hydrogen-bond acceptors (Lipinski definition) is 3. The number of rotatable bonds is 2. The van der Waals surface area contributed by atoms with Crippen molar-refractivity contribution in [2.24, 2.45) is 0 Å². The van der Waals surface area contributed by atoms with Crippen molar-refractivity contribution in [2.45, 2.75) is 0 Å². The Bertz CT molecular complexity index is 660. The Labute approximate surface area is 119 Å². The summed E-state index contributed by atoms with van der Waals surface area (Å²) >= 11 is 11.9. The first-order valence-corrected chi connectivity index (χ1v) is 5.99. The van der Waals surface area contributed by atoms with E-state index in [9.17, 15) is 4.79 Å². The van der Waals surface area contributed by atoms with Crippen LogP contribution in [0.15, 0.2) is 36.5 Å². The molecule has 1 amide bonds. The zero-order chi connectivity index (χ0) is 13.8. The van der Waals surface area contributed by atoms with E-state index in [1.807, 2.05) is 6.07 Å². The number of aromatic nitrogens is 1. The molecule has 94 valence electrons. The predicted molar refractivity (Wildman–Crippen MR) is 73.4 cm³/mol. The lowest BCUT2D eigenvalue weighted by Crippen LogP contribution is -2.13. The number of nitrogens with zero attached hydrogens (tertiary/aromatic N) is 2. The van der Waals surface area contributed by atoms with Gasteiger partial charge in [-0.15, -0.1) is 0 Å². The zero-order valence-electron chi connectivity index (χ0n) is 9.52. The lowest BCUT2D eigenvalue weighted by Gasteiger charge is -2.08. The van der Waals surface area contributed by atoms with Gasteiger partial charge in [0.1, 0.15) is 11.8 Å². The number of nitriles is 1. The molecule has 0 aliphatic heterocycles. The Morgan fingerprint density at radius 2 is 1.95 bits per heavy atom. The number of benzene rings is 1. The summed E-state index contributed by atoms with van der Waals surface area (Å²) in [6, 6.07) is 9.68. The van der Waals surface area contributed by atoms with Crippen LogP contribution in [0.4, 0.5) is 5.69 Å². The molecule has 1 N–H and O–H groups in total. The second-order valence-corrected chi connectivity index (χ2v) is 4.41. The molecule has 0 radical (unpaired) electrons. The minimum Gasteiger partial charge on any atom is -0.319 e. The van der Waals surface area contributed by atoms with Crippen molar-refractivity contribution < 1.29 is 4.79 Å². The lowest BCUT2D eigenvalue weighted by atomic mass is 10.2. The summed E-state index contributed by atoms with van der Waals surface area (Å²) in [5, 5.41) is 12.0. The van der Waals surface area contributed by atoms with Gasteiger partial charge in [0, 0.05) is 11.8 Å². The van der Waals surface area contributed by atoms with Gasteiger partial charge in [-0.3, -0.25) is 4.79 Å². The molecule has 19 heavy (non-hydrogen) atoms. The van der Waals surface area contributed by atoms with Crippen LogP contribution in [0.25, 0.3) is 0 Å². The summed E-state index contributed by atoms with van der Waals surface area (Å²) in [6.07, 6.45) is 1.39. The minimum atomic E-state index is -0.408. The van der Waals surface area contributed by atoms with Crippen LogP contribution in [0.3, 0.4) is 0 Å². The van der Waals surface area contributed by atoms with E-state index in [4.69, 9.17) is 28.5 Å². The molecule has 6 heteroatoms. The van der Waals surface area contributed by atoms with E-state index in [2.05, 4.69) is 10.3 Å². The van der Waals surface area contributed by atoms with Crippen molar-refractivity contribution in [1.29, 1.82) is 5.26 Å². The van der Waals surface area contributed by atoms with Crippen LogP contribution in [0, 0.1) is 11.3 Å². The number of carbonyl (C=O) groups excluding carboxylic acids is 1. The summed E-state index contributed by atoms with van der Waals surface area (Å²) < 4.78 is 0. The summed E-state index contributed by atoms with van der Waals surface area (Å²) in [7, 11) is 0. The molecule has 4 nitrogen and oxygen atoms in total. The Morgan fingerprint density at radius 1 is 1.26 bits per heavy atom. The number of halogens is 2. The van der Waals surface area contributed by atoms with Gasteiger partial charge in [-0.05, 0) is 24.3 Å². The Kier molecular flexibility index (Phi) is 4.00. The number of nitrogens with one attached hydrogen (secondary N) is 1. The van der Waals surface area contributed by atoms with Crippen LogP contribution in [-0.4, -0.2) is 10.9 Å². The van der Waals surface area contributed by atoms with Crippen LogP contribution in [0.1, 0.15) is 16.1 Å². The van der Waals surface area contributed by atoms with Gasteiger partial charge in [-0.2, -0.15) is 5.26 Å². The molecular formula is C13H7Cl2N3O. The number of amides is 1. The van der Waals surface area contributed by atoms with E-state index in [1.54, 1.807) is 18.2 Å². The summed E-state index contributed by atoms with van der Waals surface area (Å²) in [4.78, 5) is 15.8. The van der Waals surface area contributed by atoms with Crippen molar-refractivity contribution in [1.82, 2.24) is 4.98 Å². The number of hydrogen-bond donors (Lipinski definition) is 1. The Hall–Kier alpha value is -2.09. The van der Waals surface area contributed by atoms with E-state index in [1.165, 1.54) is 18.3 Å². The monoisotopic (exact) mass is 291 g/mol. The standard InChI is InChI=1S/C13H7Cl2N3O/c14-10-2-1-3-11(15)12(10)18-13(19)8-4-5-17-9(6-8)7-16/h1-6H,(H,18,19). The minimum absolute atomic E-state index is 0.165. The van der Waals surface area contributed by atoms with Gasteiger partial charge in [0.25, 0.3) is 5.91 Å². The van der Waals surface area contributed by atoms with Crippen molar-refractivity contribution in [3.05, 3.63) is 57.8 Å². The highest BCUT2D eigenvalue weighted by molar-refractivity contribution is 6.40. The third-order valence-corrected chi connectivity index (χ3v) is 2.97. The number of pyridine rings is 1. The van der Waals surface area contributed by atoms with Gasteiger partial charge in [0.15, 0.2) is 0 Å². The van der Waals surface area contributed by atoms with E-state index in [0.717, 1.165) is 0 Å². The molecule has 0 saturated carbocycles. The smallest absolute Gasteiger partial charge is 0.255 e. The van der Waals surface area contributed by atoms with Crippen LogP contribution < -0.4 is 5.32 Å². The van der Waals surface area contributed by atoms with E-state index < -0.39 is 5.91 Å². The molecule has 0 fully saturated rings. The average Bonchev–Trinajstić information content (AvgIpc) is 2.43. The highest BCUT2D eigenvalue weighted by Crippen LogP contribution is 2.30. The topological polar surface area (TPSA) is 65.8 Å². The van der Waals surface area contributed by atoms with Gasteiger partial charge < -0.3 is 5.32 Å². The first kappa shape index (κ1) is 13.3. The molecule has 0 aliphatic carbocycles. The van der Waals surface area contributed by atoms with Crippen LogP contribution in [0.5, 0.6) is 0 Å². The molecule has 0 atom stereocenters. The third kappa shape index (κ3) is 3.02. The second-order valence-electron chi connectivity index (χ2n) is 3.59. The maximum Gasteiger partial charge on any atom is 0.255 e. The maximum absolute atomic E-state index is 12.0. The van der Waals surface area contributed by atoms with Crippen molar-refractivity contribution >= 4 is 34.8 Å². The highest BCUT2D eigenvalue weighted by atomic mass is 35.5. The summed E-state index contributed by atoms with van der Waals surface area (Å²) in [5.74, 6) is -0.408. The molecule has 0 saturated heterocycles. The van der Waals surface area contributed by atoms with Crippen molar-refractivity contribution in [2.75, 3.05) is 5.32 Å². The fraction of sp³-hybridized carbons (Fsp3) is 0. The van der Waals surface area contributed by atoms with Crippen LogP contribution in [-0.2, 0) is 0 Å². The Balaban J connectivity index is 2.29. The summed E-state index contributed by atoms with van der Waals surface area (Å²) in [5.41, 5.74) is 0.812. The van der Waals surface area contributed by atoms with Gasteiger partial charge in [0.2, 0.25) is 0 Å².